The van der Waals surface area contributed by atoms with Gasteiger partial charge in [-0.1, -0.05) is 5.21 Å². The standard InChI is InChI=1S/C9H10N6O2/c1-6(9-11-13-14-12-9)10-7-2-4-8(5-3-7)15(16)17/h2-6,10H,1H3,(H,11,12,13,14). The quantitative estimate of drug-likeness (QED) is 0.609. The van der Waals surface area contributed by atoms with Crippen LogP contribution in [0.5, 0.6) is 0 Å². The Morgan fingerprint density at radius 1 is 1.41 bits per heavy atom. The van der Waals surface area contributed by atoms with Crippen LogP contribution in [-0.4, -0.2) is 25.5 Å². The van der Waals surface area contributed by atoms with E-state index in [0.717, 1.165) is 5.69 Å². The van der Waals surface area contributed by atoms with E-state index in [2.05, 4.69) is 25.9 Å². The fourth-order valence-electron chi connectivity index (χ4n) is 1.35. The van der Waals surface area contributed by atoms with Crippen molar-refractivity contribution in [3.63, 3.8) is 0 Å². The van der Waals surface area contributed by atoms with E-state index in [-0.39, 0.29) is 11.7 Å². The predicted octanol–water partition coefficient (Wildman–Crippen LogP) is 1.28. The van der Waals surface area contributed by atoms with Gasteiger partial charge in [0.05, 0.1) is 11.0 Å². The van der Waals surface area contributed by atoms with Gasteiger partial charge in [0, 0.05) is 17.8 Å². The molecule has 8 nitrogen and oxygen atoms in total. The smallest absolute Gasteiger partial charge is 0.269 e. The second-order valence-corrected chi connectivity index (χ2v) is 3.44. The van der Waals surface area contributed by atoms with Gasteiger partial charge >= 0.3 is 0 Å². The van der Waals surface area contributed by atoms with E-state index in [4.69, 9.17) is 0 Å². The predicted molar refractivity (Wildman–Crippen MR) is 59.3 cm³/mol. The van der Waals surface area contributed by atoms with Crippen molar-refractivity contribution in [2.24, 2.45) is 0 Å². The number of rotatable bonds is 4. The molecular formula is C9H10N6O2. The minimum Gasteiger partial charge on any atom is -0.375 e. The number of anilines is 1. The summed E-state index contributed by atoms with van der Waals surface area (Å²) < 4.78 is 0. The molecule has 0 aliphatic rings. The summed E-state index contributed by atoms with van der Waals surface area (Å²) in [5.41, 5.74) is 0.815. The molecule has 1 unspecified atom stereocenters. The van der Waals surface area contributed by atoms with Crippen LogP contribution in [-0.2, 0) is 0 Å². The maximum absolute atomic E-state index is 10.5. The van der Waals surface area contributed by atoms with E-state index >= 15 is 0 Å². The minimum atomic E-state index is -0.438. The van der Waals surface area contributed by atoms with E-state index < -0.39 is 4.92 Å². The third-order valence-electron chi connectivity index (χ3n) is 2.21. The Balaban J connectivity index is 2.06. The van der Waals surface area contributed by atoms with Crippen molar-refractivity contribution in [3.05, 3.63) is 40.2 Å². The number of hydrogen-bond donors (Lipinski definition) is 2. The summed E-state index contributed by atoms with van der Waals surface area (Å²) in [6.45, 7) is 1.87. The van der Waals surface area contributed by atoms with Gasteiger partial charge in [0.2, 0.25) is 0 Å². The summed E-state index contributed by atoms with van der Waals surface area (Å²) >= 11 is 0. The summed E-state index contributed by atoms with van der Waals surface area (Å²) in [7, 11) is 0. The first-order valence-corrected chi connectivity index (χ1v) is 4.91. The van der Waals surface area contributed by atoms with Gasteiger partial charge in [-0.05, 0) is 19.1 Å². The first-order chi connectivity index (χ1) is 8.16. The van der Waals surface area contributed by atoms with E-state index in [9.17, 15) is 10.1 Å². The third-order valence-corrected chi connectivity index (χ3v) is 2.21. The van der Waals surface area contributed by atoms with Crippen LogP contribution in [0.4, 0.5) is 11.4 Å². The summed E-state index contributed by atoms with van der Waals surface area (Å²) in [6, 6.07) is 6.01. The van der Waals surface area contributed by atoms with Crippen LogP contribution in [0.2, 0.25) is 0 Å². The van der Waals surface area contributed by atoms with Gasteiger partial charge in [0.25, 0.3) is 5.69 Å². The van der Waals surface area contributed by atoms with Gasteiger partial charge in [-0.3, -0.25) is 10.1 Å². The molecule has 17 heavy (non-hydrogen) atoms. The molecule has 2 rings (SSSR count). The topological polar surface area (TPSA) is 110 Å². The van der Waals surface area contributed by atoms with Crippen LogP contribution in [0, 0.1) is 10.1 Å². The Hall–Kier alpha value is -2.51. The van der Waals surface area contributed by atoms with Gasteiger partial charge in [-0.15, -0.1) is 10.2 Å². The number of aromatic nitrogens is 4. The van der Waals surface area contributed by atoms with Crippen molar-refractivity contribution in [1.29, 1.82) is 0 Å². The summed E-state index contributed by atoms with van der Waals surface area (Å²) in [5, 5.41) is 27.1. The minimum absolute atomic E-state index is 0.0581. The van der Waals surface area contributed by atoms with Gasteiger partial charge in [0.15, 0.2) is 5.82 Å². The van der Waals surface area contributed by atoms with Gasteiger partial charge in [-0.25, -0.2) is 0 Å². The van der Waals surface area contributed by atoms with E-state index in [1.807, 2.05) is 6.92 Å². The number of nitro benzene ring substituents is 1. The molecule has 1 aromatic heterocycles. The molecule has 2 aromatic rings. The van der Waals surface area contributed by atoms with Crippen LogP contribution in [0.3, 0.4) is 0 Å². The van der Waals surface area contributed by atoms with Crippen molar-refractivity contribution >= 4 is 11.4 Å². The maximum Gasteiger partial charge on any atom is 0.269 e. The lowest BCUT2D eigenvalue weighted by molar-refractivity contribution is -0.384. The lowest BCUT2D eigenvalue weighted by Gasteiger charge is -2.10. The lowest BCUT2D eigenvalue weighted by Crippen LogP contribution is -2.08. The number of aromatic amines is 1. The molecule has 0 spiro atoms. The highest BCUT2D eigenvalue weighted by Gasteiger charge is 2.10. The maximum atomic E-state index is 10.5. The number of tetrazole rings is 1. The van der Waals surface area contributed by atoms with Crippen molar-refractivity contribution < 1.29 is 4.92 Å². The molecule has 0 aliphatic carbocycles. The average molecular weight is 234 g/mol. The highest BCUT2D eigenvalue weighted by Crippen LogP contribution is 2.19. The van der Waals surface area contributed by atoms with Crippen molar-refractivity contribution in [1.82, 2.24) is 20.6 Å². The zero-order valence-electron chi connectivity index (χ0n) is 8.99. The average Bonchev–Trinajstić information content (AvgIpc) is 2.83. The SMILES string of the molecule is CC(Nc1ccc([N+](=O)[O-])cc1)c1nn[nH]n1. The normalized spacial score (nSPS) is 12.1. The lowest BCUT2D eigenvalue weighted by atomic mass is 10.2. The fraction of sp³-hybridized carbons (Fsp3) is 0.222. The van der Waals surface area contributed by atoms with Crippen LogP contribution in [0.25, 0.3) is 0 Å². The summed E-state index contributed by atoms with van der Waals surface area (Å²) in [6.07, 6.45) is 0. The third kappa shape index (κ3) is 2.54. The van der Waals surface area contributed by atoms with E-state index in [1.54, 1.807) is 12.1 Å². The highest BCUT2D eigenvalue weighted by molar-refractivity contribution is 5.49. The second-order valence-electron chi connectivity index (χ2n) is 3.44. The molecule has 2 N–H and O–H groups in total. The van der Waals surface area contributed by atoms with Crippen molar-refractivity contribution in [2.75, 3.05) is 5.32 Å². The zero-order valence-corrected chi connectivity index (χ0v) is 8.99. The van der Waals surface area contributed by atoms with Crippen LogP contribution in [0.1, 0.15) is 18.8 Å². The number of hydrogen-bond acceptors (Lipinski definition) is 6. The molecule has 0 amide bonds. The molecular weight excluding hydrogens is 224 g/mol. The molecule has 1 heterocycles. The monoisotopic (exact) mass is 234 g/mol. The fourth-order valence-corrected chi connectivity index (χ4v) is 1.35. The van der Waals surface area contributed by atoms with E-state index in [0.29, 0.717) is 5.82 Å². The van der Waals surface area contributed by atoms with Crippen LogP contribution in [0.15, 0.2) is 24.3 Å². The molecule has 8 heteroatoms. The number of H-pyrrole nitrogens is 1. The second kappa shape index (κ2) is 4.56. The molecule has 0 fully saturated rings. The Bertz CT molecular complexity index is 495. The summed E-state index contributed by atoms with van der Waals surface area (Å²) in [4.78, 5) is 10.0. The Kier molecular flexibility index (Phi) is 2.95. The highest BCUT2D eigenvalue weighted by atomic mass is 16.6. The van der Waals surface area contributed by atoms with Gasteiger partial charge in [-0.2, -0.15) is 5.21 Å². The molecule has 0 bridgehead atoms. The number of nitrogens with zero attached hydrogens (tertiary/aromatic N) is 4. The van der Waals surface area contributed by atoms with Crippen LogP contribution < -0.4 is 5.32 Å². The summed E-state index contributed by atoms with van der Waals surface area (Å²) in [5.74, 6) is 0.531. The molecule has 0 aliphatic heterocycles. The number of benzene rings is 1. The van der Waals surface area contributed by atoms with Gasteiger partial charge < -0.3 is 5.32 Å². The molecule has 0 saturated carbocycles. The Morgan fingerprint density at radius 3 is 2.65 bits per heavy atom. The Labute approximate surface area is 96.2 Å². The van der Waals surface area contributed by atoms with Crippen molar-refractivity contribution in [3.8, 4) is 0 Å². The molecule has 0 saturated heterocycles. The van der Waals surface area contributed by atoms with E-state index in [1.165, 1.54) is 12.1 Å². The number of nitrogens with one attached hydrogen (secondary N) is 2. The number of nitro groups is 1. The van der Waals surface area contributed by atoms with Crippen molar-refractivity contribution in [2.45, 2.75) is 13.0 Å². The zero-order chi connectivity index (χ0) is 12.3. The molecule has 0 radical (unpaired) electrons. The molecule has 1 aromatic carbocycles. The number of non-ortho nitro benzene ring substituents is 1. The Morgan fingerprint density at radius 2 is 2.12 bits per heavy atom. The van der Waals surface area contributed by atoms with Crippen LogP contribution >= 0.6 is 0 Å². The van der Waals surface area contributed by atoms with Gasteiger partial charge in [0.1, 0.15) is 0 Å². The first-order valence-electron chi connectivity index (χ1n) is 4.91. The largest absolute Gasteiger partial charge is 0.375 e. The molecule has 1 atom stereocenters. The first kappa shape index (κ1) is 11.0. The molecule has 88 valence electrons.